The Bertz CT molecular complexity index is 491. The van der Waals surface area contributed by atoms with E-state index in [9.17, 15) is 5.11 Å². The van der Waals surface area contributed by atoms with Gasteiger partial charge >= 0.3 is 0 Å². The molecule has 17 heavy (non-hydrogen) atoms. The zero-order valence-corrected chi connectivity index (χ0v) is 10.1. The summed E-state index contributed by atoms with van der Waals surface area (Å²) in [6.45, 7) is 4.22. The van der Waals surface area contributed by atoms with Gasteiger partial charge in [-0.15, -0.1) is 0 Å². The lowest BCUT2D eigenvalue weighted by atomic mass is 10.0. The minimum Gasteiger partial charge on any atom is -0.386 e. The molecular weight excluding hydrogens is 214 g/mol. The minimum absolute atomic E-state index is 0.123. The molecule has 0 aliphatic rings. The van der Waals surface area contributed by atoms with Crippen LogP contribution in [0.2, 0.25) is 0 Å². The van der Waals surface area contributed by atoms with Crippen molar-refractivity contribution in [3.63, 3.8) is 0 Å². The van der Waals surface area contributed by atoms with E-state index in [2.05, 4.69) is 4.98 Å². The highest BCUT2D eigenvalue weighted by Crippen LogP contribution is 2.22. The first kappa shape index (κ1) is 12.0. The van der Waals surface area contributed by atoms with Gasteiger partial charge in [0.15, 0.2) is 0 Å². The van der Waals surface area contributed by atoms with E-state index >= 15 is 0 Å². The number of para-hydroxylation sites is 1. The van der Waals surface area contributed by atoms with Crippen molar-refractivity contribution in [2.75, 3.05) is 6.61 Å². The number of hydrogen-bond donors (Lipinski definition) is 1. The molecule has 1 heterocycles. The van der Waals surface area contributed by atoms with E-state index in [0.717, 1.165) is 16.5 Å². The second-order valence-corrected chi connectivity index (χ2v) is 4.32. The highest BCUT2D eigenvalue weighted by molar-refractivity contribution is 5.82. The topological polar surface area (TPSA) is 42.4 Å². The van der Waals surface area contributed by atoms with Gasteiger partial charge in [-0.3, -0.25) is 4.98 Å². The minimum atomic E-state index is -0.606. The summed E-state index contributed by atoms with van der Waals surface area (Å²) in [5.41, 5.74) is 1.77. The normalized spacial score (nSPS) is 13.2. The van der Waals surface area contributed by atoms with Crippen LogP contribution in [0, 0.1) is 0 Å². The monoisotopic (exact) mass is 231 g/mol. The number of aliphatic hydroxyl groups is 1. The molecule has 2 rings (SSSR count). The summed E-state index contributed by atoms with van der Waals surface area (Å²) in [6, 6.07) is 9.64. The van der Waals surface area contributed by atoms with Gasteiger partial charge in [0.2, 0.25) is 0 Å². The molecule has 0 fully saturated rings. The Balaban J connectivity index is 2.28. The summed E-state index contributed by atoms with van der Waals surface area (Å²) in [5.74, 6) is 0. The van der Waals surface area contributed by atoms with Crippen LogP contribution in [0.5, 0.6) is 0 Å². The lowest BCUT2D eigenvalue weighted by molar-refractivity contribution is 0.00547. The lowest BCUT2D eigenvalue weighted by Gasteiger charge is -2.15. The Morgan fingerprint density at radius 3 is 2.76 bits per heavy atom. The number of pyridine rings is 1. The Kier molecular flexibility index (Phi) is 3.71. The van der Waals surface area contributed by atoms with Crippen molar-refractivity contribution in [1.82, 2.24) is 4.98 Å². The predicted molar refractivity (Wildman–Crippen MR) is 67.8 cm³/mol. The van der Waals surface area contributed by atoms with Gasteiger partial charge in [-0.1, -0.05) is 18.2 Å². The molecule has 0 aliphatic heterocycles. The number of aliphatic hydroxyl groups excluding tert-OH is 1. The third-order valence-electron chi connectivity index (χ3n) is 2.63. The molecule has 0 aliphatic carbocycles. The fourth-order valence-corrected chi connectivity index (χ4v) is 1.78. The number of ether oxygens (including phenoxy) is 1. The molecule has 3 nitrogen and oxygen atoms in total. The van der Waals surface area contributed by atoms with Crippen molar-refractivity contribution >= 4 is 10.9 Å². The van der Waals surface area contributed by atoms with Crippen LogP contribution in [0.25, 0.3) is 10.9 Å². The average Bonchev–Trinajstić information content (AvgIpc) is 2.35. The van der Waals surface area contributed by atoms with E-state index in [0.29, 0.717) is 6.61 Å². The molecule has 0 spiro atoms. The number of rotatable bonds is 4. The van der Waals surface area contributed by atoms with E-state index in [1.165, 1.54) is 0 Å². The van der Waals surface area contributed by atoms with Crippen LogP contribution in [0.15, 0.2) is 36.5 Å². The fourth-order valence-electron chi connectivity index (χ4n) is 1.78. The molecule has 1 aromatic carbocycles. The average molecular weight is 231 g/mol. The smallest absolute Gasteiger partial charge is 0.103 e. The summed E-state index contributed by atoms with van der Waals surface area (Å²) in [5, 5.41) is 11.1. The maximum absolute atomic E-state index is 10.1. The first-order chi connectivity index (χ1) is 8.18. The summed E-state index contributed by atoms with van der Waals surface area (Å²) in [4.78, 5) is 4.27. The van der Waals surface area contributed by atoms with Crippen LogP contribution in [-0.2, 0) is 4.74 Å². The van der Waals surface area contributed by atoms with Gasteiger partial charge in [0, 0.05) is 11.6 Å². The lowest BCUT2D eigenvalue weighted by Crippen LogP contribution is -2.12. The second-order valence-electron chi connectivity index (χ2n) is 4.32. The summed E-state index contributed by atoms with van der Waals surface area (Å²) in [7, 11) is 0. The molecule has 1 N–H and O–H groups in total. The molecule has 1 atom stereocenters. The van der Waals surface area contributed by atoms with Crippen LogP contribution in [-0.4, -0.2) is 22.8 Å². The van der Waals surface area contributed by atoms with Crippen molar-refractivity contribution in [2.24, 2.45) is 0 Å². The number of fused-ring (bicyclic) bond motifs is 1. The number of hydrogen-bond acceptors (Lipinski definition) is 3. The molecule has 0 bridgehead atoms. The summed E-state index contributed by atoms with van der Waals surface area (Å²) >= 11 is 0. The number of nitrogens with zero attached hydrogens (tertiary/aromatic N) is 1. The Labute approximate surface area is 101 Å². The van der Waals surface area contributed by atoms with E-state index < -0.39 is 6.10 Å². The molecule has 0 saturated carbocycles. The highest BCUT2D eigenvalue weighted by atomic mass is 16.5. The van der Waals surface area contributed by atoms with Crippen molar-refractivity contribution < 1.29 is 9.84 Å². The standard InChI is InChI=1S/C14H17NO2/c1-10(2)17-9-14(16)12-7-8-15-13-6-4-3-5-11(12)13/h3-8,10,14,16H,9H2,1-2H3. The maximum atomic E-state index is 10.1. The van der Waals surface area contributed by atoms with E-state index in [1.54, 1.807) is 6.20 Å². The van der Waals surface area contributed by atoms with Crippen LogP contribution in [0.4, 0.5) is 0 Å². The van der Waals surface area contributed by atoms with Crippen molar-refractivity contribution in [1.29, 1.82) is 0 Å². The Morgan fingerprint density at radius 2 is 2.00 bits per heavy atom. The third kappa shape index (κ3) is 2.81. The largest absolute Gasteiger partial charge is 0.386 e. The molecule has 90 valence electrons. The summed E-state index contributed by atoms with van der Waals surface area (Å²) < 4.78 is 5.44. The van der Waals surface area contributed by atoms with Crippen molar-refractivity contribution in [3.8, 4) is 0 Å². The fraction of sp³-hybridized carbons (Fsp3) is 0.357. The summed E-state index contributed by atoms with van der Waals surface area (Å²) in [6.07, 6.45) is 1.24. The van der Waals surface area contributed by atoms with E-state index in [-0.39, 0.29) is 6.10 Å². The quantitative estimate of drug-likeness (QED) is 0.879. The first-order valence-electron chi connectivity index (χ1n) is 5.82. The molecule has 1 aromatic heterocycles. The molecular formula is C14H17NO2. The molecule has 0 saturated heterocycles. The number of aromatic nitrogens is 1. The van der Waals surface area contributed by atoms with Gasteiger partial charge < -0.3 is 9.84 Å². The zero-order chi connectivity index (χ0) is 12.3. The van der Waals surface area contributed by atoms with Gasteiger partial charge in [-0.2, -0.15) is 0 Å². The molecule has 0 amide bonds. The number of benzene rings is 1. The van der Waals surface area contributed by atoms with Gasteiger partial charge in [0.05, 0.1) is 18.2 Å². The first-order valence-corrected chi connectivity index (χ1v) is 5.82. The van der Waals surface area contributed by atoms with Crippen LogP contribution in [0.3, 0.4) is 0 Å². The molecule has 3 heteroatoms. The van der Waals surface area contributed by atoms with E-state index in [4.69, 9.17) is 4.74 Å². The van der Waals surface area contributed by atoms with Crippen molar-refractivity contribution in [3.05, 3.63) is 42.1 Å². The highest BCUT2D eigenvalue weighted by Gasteiger charge is 2.12. The predicted octanol–water partition coefficient (Wildman–Crippen LogP) is 2.69. The molecule has 2 aromatic rings. The van der Waals surface area contributed by atoms with E-state index in [1.807, 2.05) is 44.2 Å². The van der Waals surface area contributed by atoms with Crippen LogP contribution >= 0.6 is 0 Å². The SMILES string of the molecule is CC(C)OCC(O)c1ccnc2ccccc12. The van der Waals surface area contributed by atoms with Gasteiger partial charge in [0.25, 0.3) is 0 Å². The Morgan fingerprint density at radius 1 is 1.24 bits per heavy atom. The third-order valence-corrected chi connectivity index (χ3v) is 2.63. The van der Waals surface area contributed by atoms with Gasteiger partial charge in [-0.25, -0.2) is 0 Å². The zero-order valence-electron chi connectivity index (χ0n) is 10.1. The Hall–Kier alpha value is -1.45. The molecule has 0 radical (unpaired) electrons. The van der Waals surface area contributed by atoms with Gasteiger partial charge in [-0.05, 0) is 31.5 Å². The molecule has 1 unspecified atom stereocenters. The van der Waals surface area contributed by atoms with Crippen LogP contribution < -0.4 is 0 Å². The maximum Gasteiger partial charge on any atom is 0.103 e. The van der Waals surface area contributed by atoms with Crippen molar-refractivity contribution in [2.45, 2.75) is 26.1 Å². The van der Waals surface area contributed by atoms with Gasteiger partial charge in [0.1, 0.15) is 6.10 Å². The second kappa shape index (κ2) is 5.25. The van der Waals surface area contributed by atoms with Crippen LogP contribution in [0.1, 0.15) is 25.5 Å².